The second kappa shape index (κ2) is 4.98. The zero-order valence-corrected chi connectivity index (χ0v) is 8.77. The lowest BCUT2D eigenvalue weighted by molar-refractivity contribution is -0.117. The van der Waals surface area contributed by atoms with E-state index in [9.17, 15) is 18.0 Å². The number of amides is 1. The summed E-state index contributed by atoms with van der Waals surface area (Å²) < 4.78 is 38.2. The van der Waals surface area contributed by atoms with Crippen LogP contribution in [0.5, 0.6) is 0 Å². The van der Waals surface area contributed by atoms with E-state index in [1.807, 2.05) is 0 Å². The summed E-state index contributed by atoms with van der Waals surface area (Å²) in [6, 6.07) is 0.924. The maximum Gasteiger partial charge on any atom is 0.241 e. The minimum absolute atomic E-state index is 0.122. The number of hydrogen-bond acceptors (Lipinski definition) is 2. The molecule has 0 saturated carbocycles. The standard InChI is InChI=1S/C10H11F3N2O/c1-5(14-2)10(16)15-6-3-7(11)9(13)8(12)4-6/h3-5,14H,1-2H3,(H,15,16). The van der Waals surface area contributed by atoms with E-state index in [-0.39, 0.29) is 5.69 Å². The third kappa shape index (κ3) is 2.73. The Bertz CT molecular complexity index is 386. The normalized spacial score (nSPS) is 12.3. The number of rotatable bonds is 3. The van der Waals surface area contributed by atoms with Gasteiger partial charge >= 0.3 is 0 Å². The zero-order valence-electron chi connectivity index (χ0n) is 8.77. The van der Waals surface area contributed by atoms with Crippen LogP contribution in [0, 0.1) is 17.5 Å². The van der Waals surface area contributed by atoms with Crippen molar-refractivity contribution in [1.29, 1.82) is 0 Å². The molecule has 0 radical (unpaired) electrons. The van der Waals surface area contributed by atoms with Gasteiger partial charge < -0.3 is 10.6 Å². The third-order valence-electron chi connectivity index (χ3n) is 2.08. The Morgan fingerprint density at radius 1 is 1.25 bits per heavy atom. The highest BCUT2D eigenvalue weighted by molar-refractivity contribution is 5.94. The molecule has 2 N–H and O–H groups in total. The first-order chi connectivity index (χ1) is 7.45. The number of hydrogen-bond donors (Lipinski definition) is 2. The lowest BCUT2D eigenvalue weighted by Crippen LogP contribution is -2.35. The summed E-state index contributed by atoms with van der Waals surface area (Å²) in [5.41, 5.74) is -0.122. The topological polar surface area (TPSA) is 41.1 Å². The van der Waals surface area contributed by atoms with Gasteiger partial charge in [-0.25, -0.2) is 13.2 Å². The van der Waals surface area contributed by atoms with E-state index in [0.717, 1.165) is 12.1 Å². The Morgan fingerprint density at radius 2 is 1.75 bits per heavy atom. The highest BCUT2D eigenvalue weighted by Crippen LogP contribution is 2.17. The Balaban J connectivity index is 2.87. The van der Waals surface area contributed by atoms with Crippen LogP contribution in [0.15, 0.2) is 12.1 Å². The fraction of sp³-hybridized carbons (Fsp3) is 0.300. The zero-order chi connectivity index (χ0) is 12.3. The van der Waals surface area contributed by atoms with Gasteiger partial charge in [0.1, 0.15) is 0 Å². The van der Waals surface area contributed by atoms with Gasteiger partial charge in [-0.3, -0.25) is 4.79 Å². The van der Waals surface area contributed by atoms with Crippen LogP contribution in [0.3, 0.4) is 0 Å². The smallest absolute Gasteiger partial charge is 0.241 e. The van der Waals surface area contributed by atoms with Crippen LogP contribution in [-0.4, -0.2) is 19.0 Å². The number of carbonyl (C=O) groups excluding carboxylic acids is 1. The first-order valence-corrected chi connectivity index (χ1v) is 4.58. The first-order valence-electron chi connectivity index (χ1n) is 4.58. The molecule has 0 heterocycles. The Kier molecular flexibility index (Phi) is 3.89. The molecule has 16 heavy (non-hydrogen) atoms. The van der Waals surface area contributed by atoms with E-state index in [1.54, 1.807) is 14.0 Å². The minimum Gasteiger partial charge on any atom is -0.325 e. The Labute approximate surface area is 90.6 Å². The van der Waals surface area contributed by atoms with Crippen molar-refractivity contribution in [3.63, 3.8) is 0 Å². The average molecular weight is 232 g/mol. The lowest BCUT2D eigenvalue weighted by Gasteiger charge is -2.11. The van der Waals surface area contributed by atoms with Crippen LogP contribution in [0.2, 0.25) is 0 Å². The van der Waals surface area contributed by atoms with Crippen molar-refractivity contribution in [2.24, 2.45) is 0 Å². The number of benzene rings is 1. The summed E-state index contributed by atoms with van der Waals surface area (Å²) >= 11 is 0. The molecule has 0 aliphatic carbocycles. The van der Waals surface area contributed by atoms with E-state index < -0.39 is 29.4 Å². The number of anilines is 1. The van der Waals surface area contributed by atoms with Gasteiger partial charge in [0, 0.05) is 17.8 Å². The van der Waals surface area contributed by atoms with E-state index in [0.29, 0.717) is 0 Å². The molecule has 88 valence electrons. The maximum atomic E-state index is 12.8. The fourth-order valence-electron chi connectivity index (χ4n) is 1.01. The molecule has 0 aliphatic heterocycles. The van der Waals surface area contributed by atoms with Crippen LogP contribution in [-0.2, 0) is 4.79 Å². The van der Waals surface area contributed by atoms with Crippen molar-refractivity contribution in [1.82, 2.24) is 5.32 Å². The summed E-state index contributed by atoms with van der Waals surface area (Å²) in [7, 11) is 1.57. The van der Waals surface area contributed by atoms with Gasteiger partial charge in [0.2, 0.25) is 5.91 Å². The molecule has 0 bridgehead atoms. The summed E-state index contributed by atoms with van der Waals surface area (Å²) in [5.74, 6) is -4.70. The molecule has 1 rings (SSSR count). The lowest BCUT2D eigenvalue weighted by atomic mass is 10.2. The minimum atomic E-state index is -1.56. The molecular weight excluding hydrogens is 221 g/mol. The van der Waals surface area contributed by atoms with Gasteiger partial charge in [-0.15, -0.1) is 0 Å². The number of halogens is 3. The van der Waals surface area contributed by atoms with E-state index >= 15 is 0 Å². The molecule has 6 heteroatoms. The van der Waals surface area contributed by atoms with Gasteiger partial charge in [-0.2, -0.15) is 0 Å². The van der Waals surface area contributed by atoms with Gasteiger partial charge in [0.05, 0.1) is 6.04 Å². The van der Waals surface area contributed by atoms with E-state index in [1.165, 1.54) is 0 Å². The fourth-order valence-corrected chi connectivity index (χ4v) is 1.01. The summed E-state index contributed by atoms with van der Waals surface area (Å²) in [6.07, 6.45) is 0. The maximum absolute atomic E-state index is 12.8. The van der Waals surface area contributed by atoms with E-state index in [4.69, 9.17) is 0 Å². The van der Waals surface area contributed by atoms with Crippen LogP contribution in [0.1, 0.15) is 6.92 Å². The van der Waals surface area contributed by atoms with Crippen molar-refractivity contribution >= 4 is 11.6 Å². The second-order valence-corrected chi connectivity index (χ2v) is 3.25. The van der Waals surface area contributed by atoms with Crippen molar-refractivity contribution in [3.8, 4) is 0 Å². The summed E-state index contributed by atoms with van der Waals surface area (Å²) in [6.45, 7) is 1.57. The highest BCUT2D eigenvalue weighted by atomic mass is 19.2. The van der Waals surface area contributed by atoms with Crippen molar-refractivity contribution in [3.05, 3.63) is 29.6 Å². The second-order valence-electron chi connectivity index (χ2n) is 3.25. The number of likely N-dealkylation sites (N-methyl/N-ethyl adjacent to an activating group) is 1. The molecule has 0 saturated heterocycles. The van der Waals surface area contributed by atoms with E-state index in [2.05, 4.69) is 10.6 Å². The average Bonchev–Trinajstić information content (AvgIpc) is 2.24. The molecule has 0 spiro atoms. The molecule has 1 aromatic carbocycles. The summed E-state index contributed by atoms with van der Waals surface area (Å²) in [5, 5.41) is 4.91. The van der Waals surface area contributed by atoms with Crippen LogP contribution < -0.4 is 10.6 Å². The SMILES string of the molecule is CNC(C)C(=O)Nc1cc(F)c(F)c(F)c1. The quantitative estimate of drug-likeness (QED) is 0.778. The van der Waals surface area contributed by atoms with Crippen molar-refractivity contribution in [2.45, 2.75) is 13.0 Å². The number of nitrogens with one attached hydrogen (secondary N) is 2. The summed E-state index contributed by atoms with van der Waals surface area (Å²) in [4.78, 5) is 11.3. The van der Waals surface area contributed by atoms with Gasteiger partial charge in [-0.05, 0) is 14.0 Å². The van der Waals surface area contributed by atoms with Crippen LogP contribution in [0.25, 0.3) is 0 Å². The molecular formula is C10H11F3N2O. The van der Waals surface area contributed by atoms with Gasteiger partial charge in [-0.1, -0.05) is 0 Å². The molecule has 1 aromatic rings. The third-order valence-corrected chi connectivity index (χ3v) is 2.08. The van der Waals surface area contributed by atoms with Crippen LogP contribution in [0.4, 0.5) is 18.9 Å². The molecule has 1 unspecified atom stereocenters. The number of carbonyl (C=O) groups is 1. The monoisotopic (exact) mass is 232 g/mol. The predicted octanol–water partition coefficient (Wildman–Crippen LogP) is 1.65. The van der Waals surface area contributed by atoms with Gasteiger partial charge in [0.15, 0.2) is 17.5 Å². The molecule has 1 atom stereocenters. The Hall–Kier alpha value is -1.56. The largest absolute Gasteiger partial charge is 0.325 e. The molecule has 3 nitrogen and oxygen atoms in total. The van der Waals surface area contributed by atoms with Gasteiger partial charge in [0.25, 0.3) is 0 Å². The molecule has 1 amide bonds. The van der Waals surface area contributed by atoms with Crippen molar-refractivity contribution < 1.29 is 18.0 Å². The first kappa shape index (κ1) is 12.5. The predicted molar refractivity (Wildman–Crippen MR) is 53.5 cm³/mol. The Morgan fingerprint density at radius 3 is 2.19 bits per heavy atom. The highest BCUT2D eigenvalue weighted by Gasteiger charge is 2.14. The molecule has 0 fully saturated rings. The van der Waals surface area contributed by atoms with Crippen LogP contribution >= 0.6 is 0 Å². The molecule has 0 aliphatic rings. The van der Waals surface area contributed by atoms with Crippen molar-refractivity contribution in [2.75, 3.05) is 12.4 Å². The molecule has 0 aromatic heterocycles.